The highest BCUT2D eigenvalue weighted by Gasteiger charge is 2.31. The fraction of sp³-hybridized carbons (Fsp3) is 0. The van der Waals surface area contributed by atoms with Crippen LogP contribution in [0, 0.1) is 0 Å². The van der Waals surface area contributed by atoms with Crippen molar-refractivity contribution >= 4 is 66.7 Å². The summed E-state index contributed by atoms with van der Waals surface area (Å²) in [6.07, 6.45) is 0. The molecule has 2 aliphatic heterocycles. The van der Waals surface area contributed by atoms with Crippen molar-refractivity contribution in [1.82, 2.24) is 0 Å². The monoisotopic (exact) mass is 508 g/mol. The Morgan fingerprint density at radius 1 is 0.265 bits per heavy atom. The van der Waals surface area contributed by atoms with Crippen molar-refractivity contribution in [3.05, 3.63) is 152 Å². The topological polar surface area (TPSA) is 0 Å². The summed E-state index contributed by atoms with van der Waals surface area (Å²) in [5.74, 6) is 0. The van der Waals surface area contributed by atoms with Crippen molar-refractivity contribution in [2.45, 2.75) is 0 Å². The van der Waals surface area contributed by atoms with Gasteiger partial charge in [0.2, 0.25) is 0 Å². The Hall–Kier alpha value is -2.50. The molecule has 0 fully saturated rings. The predicted molar refractivity (Wildman–Crippen MR) is 157 cm³/mol. The van der Waals surface area contributed by atoms with Crippen LogP contribution in [0.25, 0.3) is 19.6 Å². The smallest absolute Gasteiger partial charge is 0.0707 e. The molecule has 0 aliphatic carbocycles. The van der Waals surface area contributed by atoms with Gasteiger partial charge >= 0.3 is 0 Å². The zero-order valence-electron chi connectivity index (χ0n) is 18.2. The molecule has 0 atom stereocenters. The van der Waals surface area contributed by atoms with E-state index in [1.165, 1.54) is 50.3 Å². The second kappa shape index (κ2) is 10.0. The van der Waals surface area contributed by atoms with E-state index in [2.05, 4.69) is 121 Å². The van der Waals surface area contributed by atoms with E-state index in [-0.39, 0.29) is 0 Å². The normalized spacial score (nSPS) is 16.0. The molecule has 0 spiro atoms. The average molecular weight is 509 g/mol. The fourth-order valence-electron chi connectivity index (χ4n) is 3.88. The minimum atomic E-state index is 1.28. The first-order valence-electron chi connectivity index (χ1n) is 11.0. The van der Waals surface area contributed by atoms with Gasteiger partial charge in [-0.1, -0.05) is 168 Å². The van der Waals surface area contributed by atoms with Gasteiger partial charge in [-0.2, -0.15) is 0 Å². The highest BCUT2D eigenvalue weighted by atomic mass is 32.2. The van der Waals surface area contributed by atoms with Gasteiger partial charge in [0.1, 0.15) is 0 Å². The molecule has 0 bridgehead atoms. The molecular weight excluding hydrogens is 489 g/mol. The Morgan fingerprint density at radius 2 is 0.471 bits per heavy atom. The van der Waals surface area contributed by atoms with Crippen LogP contribution in [-0.4, -0.2) is 0 Å². The summed E-state index contributed by atoms with van der Waals surface area (Å²) in [6.45, 7) is 0. The lowest BCUT2D eigenvalue weighted by molar-refractivity contribution is 1.63. The van der Waals surface area contributed by atoms with Crippen LogP contribution in [0.3, 0.4) is 0 Å². The van der Waals surface area contributed by atoms with Gasteiger partial charge in [-0.15, -0.1) is 0 Å². The van der Waals surface area contributed by atoms with Crippen LogP contribution in [0.4, 0.5) is 0 Å². The summed E-state index contributed by atoms with van der Waals surface area (Å²) in [6, 6.07) is 43.1. The molecule has 0 unspecified atom stereocenters. The van der Waals surface area contributed by atoms with E-state index in [1.807, 2.05) is 47.0 Å². The molecule has 4 aromatic rings. The number of hydrogen-bond acceptors (Lipinski definition) is 4. The van der Waals surface area contributed by atoms with E-state index in [1.54, 1.807) is 0 Å². The summed E-state index contributed by atoms with van der Waals surface area (Å²) in [5, 5.41) is 0. The van der Waals surface area contributed by atoms with Crippen LogP contribution < -0.4 is 0 Å². The molecule has 6 rings (SSSR count). The van der Waals surface area contributed by atoms with E-state index in [9.17, 15) is 0 Å². The van der Waals surface area contributed by atoms with E-state index >= 15 is 0 Å². The van der Waals surface area contributed by atoms with Crippen LogP contribution in [-0.2, 0) is 0 Å². The molecule has 0 saturated heterocycles. The van der Waals surface area contributed by atoms with Gasteiger partial charge in [0.15, 0.2) is 0 Å². The number of rotatable bonds is 4. The molecule has 2 aliphatic rings. The highest BCUT2D eigenvalue weighted by Crippen LogP contribution is 2.66. The van der Waals surface area contributed by atoms with Crippen LogP contribution in [0.2, 0.25) is 0 Å². The number of thioether (sulfide) groups is 4. The largest absolute Gasteiger partial charge is 0.0791 e. The Labute approximate surface area is 217 Å². The summed E-state index contributed by atoms with van der Waals surface area (Å²) < 4.78 is 2.74. The van der Waals surface area contributed by atoms with Gasteiger partial charge in [0.25, 0.3) is 0 Å². The Kier molecular flexibility index (Phi) is 6.47. The lowest BCUT2D eigenvalue weighted by atomic mass is 10.1. The summed E-state index contributed by atoms with van der Waals surface area (Å²) in [4.78, 5) is 5.37. The molecule has 0 radical (unpaired) electrons. The number of benzene rings is 4. The van der Waals surface area contributed by atoms with Crippen molar-refractivity contribution in [2.24, 2.45) is 0 Å². The molecule has 4 heteroatoms. The molecule has 0 amide bonds. The summed E-state index contributed by atoms with van der Waals surface area (Å²) in [5.41, 5.74) is 5.12. The van der Waals surface area contributed by atoms with E-state index in [0.717, 1.165) is 0 Å². The molecule has 0 N–H and O–H groups in total. The minimum absolute atomic E-state index is 1.28. The van der Waals surface area contributed by atoms with Crippen molar-refractivity contribution in [3.8, 4) is 0 Å². The predicted octanol–water partition coefficient (Wildman–Crippen LogP) is 10.1. The minimum Gasteiger partial charge on any atom is -0.0791 e. The first kappa shape index (κ1) is 22.0. The highest BCUT2D eigenvalue weighted by molar-refractivity contribution is 8.39. The zero-order valence-corrected chi connectivity index (χ0v) is 21.4. The molecule has 4 aromatic carbocycles. The van der Waals surface area contributed by atoms with Gasteiger partial charge in [0, 0.05) is 19.6 Å². The maximum absolute atomic E-state index is 2.22. The maximum Gasteiger partial charge on any atom is 0.0707 e. The van der Waals surface area contributed by atoms with Gasteiger partial charge in [-0.05, 0) is 22.3 Å². The molecule has 2 heterocycles. The van der Waals surface area contributed by atoms with Gasteiger partial charge in [-0.3, -0.25) is 0 Å². The fourth-order valence-corrected chi connectivity index (χ4v) is 9.65. The van der Waals surface area contributed by atoms with Crippen molar-refractivity contribution < 1.29 is 0 Å². The quantitative estimate of drug-likeness (QED) is 0.269. The molecular formula is C30H20S4. The SMILES string of the molecule is c1ccc(C2=C(c3ccccc3)SC(=C3SC(c4ccccc4)=C(c4ccccc4)S3)S2)cc1. The Bertz CT molecular complexity index is 1190. The maximum atomic E-state index is 2.22. The Balaban J connectivity index is 1.41. The molecule has 0 saturated carbocycles. The first-order chi connectivity index (χ1) is 16.9. The second-order valence-corrected chi connectivity index (χ2v) is 12.4. The molecule has 164 valence electrons. The third-order valence-corrected chi connectivity index (χ3v) is 11.4. The molecule has 0 nitrogen and oxygen atoms in total. The van der Waals surface area contributed by atoms with Gasteiger partial charge in [0.05, 0.1) is 8.47 Å². The van der Waals surface area contributed by atoms with E-state index in [0.29, 0.717) is 0 Å². The van der Waals surface area contributed by atoms with Crippen molar-refractivity contribution in [3.63, 3.8) is 0 Å². The van der Waals surface area contributed by atoms with Crippen LogP contribution in [0.5, 0.6) is 0 Å². The summed E-state index contributed by atoms with van der Waals surface area (Å²) in [7, 11) is 0. The molecule has 0 aromatic heterocycles. The lowest BCUT2D eigenvalue weighted by Gasteiger charge is -2.05. The third-order valence-electron chi connectivity index (χ3n) is 5.50. The average Bonchev–Trinajstić information content (AvgIpc) is 3.56. The van der Waals surface area contributed by atoms with Crippen LogP contribution in [0.15, 0.2) is 130 Å². The standard InChI is InChI=1S/C30H20S4/c1-5-13-21(14-6-1)25-26(22-15-7-2-8-16-22)32-29(31-25)30-33-27(23-17-9-3-10-18-23)28(34-30)24-19-11-4-12-20-24/h1-20H. The number of hydrogen-bond donors (Lipinski definition) is 0. The van der Waals surface area contributed by atoms with E-state index < -0.39 is 0 Å². The van der Waals surface area contributed by atoms with Crippen LogP contribution in [0.1, 0.15) is 22.3 Å². The third kappa shape index (κ3) is 4.44. The summed E-state index contributed by atoms with van der Waals surface area (Å²) >= 11 is 7.65. The molecule has 34 heavy (non-hydrogen) atoms. The van der Waals surface area contributed by atoms with Crippen molar-refractivity contribution in [1.29, 1.82) is 0 Å². The van der Waals surface area contributed by atoms with Gasteiger partial charge in [-0.25, -0.2) is 0 Å². The van der Waals surface area contributed by atoms with Gasteiger partial charge < -0.3 is 0 Å². The zero-order chi connectivity index (χ0) is 22.7. The second-order valence-electron chi connectivity index (χ2n) is 7.76. The van der Waals surface area contributed by atoms with Crippen molar-refractivity contribution in [2.75, 3.05) is 0 Å². The lowest BCUT2D eigenvalue weighted by Crippen LogP contribution is -1.81. The van der Waals surface area contributed by atoms with E-state index in [4.69, 9.17) is 0 Å². The first-order valence-corrected chi connectivity index (χ1v) is 14.3. The van der Waals surface area contributed by atoms with Crippen LogP contribution >= 0.6 is 47.0 Å². The Morgan fingerprint density at radius 3 is 0.676 bits per heavy atom.